The van der Waals surface area contributed by atoms with Crippen LogP contribution in [0.5, 0.6) is 17.5 Å². The van der Waals surface area contributed by atoms with Crippen LogP contribution in [0.2, 0.25) is 5.02 Å². The summed E-state index contributed by atoms with van der Waals surface area (Å²) in [5.41, 5.74) is 2.68. The Hall–Kier alpha value is -1.64. The summed E-state index contributed by atoms with van der Waals surface area (Å²) in [5, 5.41) is -0.0722. The van der Waals surface area contributed by atoms with E-state index in [4.69, 9.17) is 27.9 Å². The van der Waals surface area contributed by atoms with Gasteiger partial charge in [-0.3, -0.25) is 4.57 Å². The average molecular weight is 526 g/mol. The van der Waals surface area contributed by atoms with Crippen LogP contribution in [0.3, 0.4) is 0 Å². The fourth-order valence-electron chi connectivity index (χ4n) is 3.36. The maximum atomic E-state index is 12.5. The van der Waals surface area contributed by atoms with E-state index >= 15 is 0 Å². The quantitative estimate of drug-likeness (QED) is 0.291. The molecule has 0 aliphatic carbocycles. The number of para-hydroxylation sites is 1. The Balaban J connectivity index is 2.05. The van der Waals surface area contributed by atoms with Crippen molar-refractivity contribution in [3.63, 3.8) is 0 Å². The minimum atomic E-state index is -4.83. The molecule has 0 spiro atoms. The van der Waals surface area contributed by atoms with Crippen LogP contribution in [0.15, 0.2) is 34.8 Å². The summed E-state index contributed by atoms with van der Waals surface area (Å²) in [6.45, 7) is 4.24. The van der Waals surface area contributed by atoms with Crippen LogP contribution in [-0.4, -0.2) is 15.9 Å². The van der Waals surface area contributed by atoms with Crippen LogP contribution in [0, 0.1) is 0 Å². The molecule has 4 nitrogen and oxygen atoms in total. The van der Waals surface area contributed by atoms with Crippen LogP contribution in [-0.2, 0) is 6.00 Å². The van der Waals surface area contributed by atoms with Gasteiger partial charge >= 0.3 is 12.4 Å². The molecular weight excluding hydrogens is 508 g/mol. The standard InChI is InChI=1S/C20H18BrCl2F3N2O2/c1-3-11(4-2)13-6-5-7-16-17(13)28(10-22)19(27-16)29-18-14(21)8-12(9-15(18)23)30-20(24,25)26/h5-9,11H,3-4,10H2,1-2H3. The molecule has 3 rings (SSSR count). The second kappa shape index (κ2) is 9.24. The lowest BCUT2D eigenvalue weighted by Crippen LogP contribution is -2.17. The molecule has 0 saturated carbocycles. The average Bonchev–Trinajstić information content (AvgIpc) is 3.02. The monoisotopic (exact) mass is 524 g/mol. The van der Waals surface area contributed by atoms with Crippen molar-refractivity contribution in [2.45, 2.75) is 45.0 Å². The van der Waals surface area contributed by atoms with E-state index < -0.39 is 12.1 Å². The van der Waals surface area contributed by atoms with Gasteiger partial charge in [0.25, 0.3) is 0 Å². The largest absolute Gasteiger partial charge is 0.573 e. The molecule has 0 amide bonds. The van der Waals surface area contributed by atoms with Crippen LogP contribution >= 0.6 is 39.1 Å². The zero-order valence-electron chi connectivity index (χ0n) is 16.1. The van der Waals surface area contributed by atoms with Gasteiger partial charge in [-0.25, -0.2) is 0 Å². The van der Waals surface area contributed by atoms with Gasteiger partial charge in [0.05, 0.1) is 20.5 Å². The Kier molecular flexibility index (Phi) is 7.09. The van der Waals surface area contributed by atoms with Crippen molar-refractivity contribution in [1.82, 2.24) is 9.55 Å². The predicted molar refractivity (Wildman–Crippen MR) is 115 cm³/mol. The summed E-state index contributed by atoms with van der Waals surface area (Å²) < 4.78 is 49.2. The molecule has 0 radical (unpaired) electrons. The van der Waals surface area contributed by atoms with E-state index in [0.29, 0.717) is 11.4 Å². The second-order valence-corrected chi connectivity index (χ2v) is 8.04. The van der Waals surface area contributed by atoms with E-state index in [1.54, 1.807) is 4.57 Å². The molecular formula is C20H18BrCl2F3N2O2. The van der Waals surface area contributed by atoms with Crippen molar-refractivity contribution in [3.05, 3.63) is 45.4 Å². The second-order valence-electron chi connectivity index (χ2n) is 6.54. The van der Waals surface area contributed by atoms with Crippen LogP contribution in [0.4, 0.5) is 13.2 Å². The van der Waals surface area contributed by atoms with Gasteiger partial charge in [0.2, 0.25) is 0 Å². The molecule has 0 aliphatic rings. The van der Waals surface area contributed by atoms with Gasteiger partial charge < -0.3 is 9.47 Å². The normalized spacial score (nSPS) is 12.0. The maximum absolute atomic E-state index is 12.5. The third-order valence-corrected chi connectivity index (χ3v) is 5.82. The minimum absolute atomic E-state index is 0.0722. The Morgan fingerprint density at radius 1 is 1.20 bits per heavy atom. The molecule has 1 aromatic heterocycles. The molecule has 162 valence electrons. The number of alkyl halides is 4. The SMILES string of the molecule is CCC(CC)c1cccc2nc(Oc3c(Cl)cc(OC(F)(F)F)cc3Br)n(CCl)c12. The number of imidazole rings is 1. The van der Waals surface area contributed by atoms with Gasteiger partial charge in [-0.1, -0.05) is 37.6 Å². The molecule has 3 aromatic rings. The molecule has 2 aromatic carbocycles. The van der Waals surface area contributed by atoms with Gasteiger partial charge in [0.1, 0.15) is 11.8 Å². The zero-order chi connectivity index (χ0) is 22.1. The number of halogens is 6. The molecule has 0 atom stereocenters. The van der Waals surface area contributed by atoms with E-state index in [9.17, 15) is 13.2 Å². The van der Waals surface area contributed by atoms with Gasteiger partial charge in [-0.15, -0.1) is 24.8 Å². The number of aromatic nitrogens is 2. The number of hydrogen-bond acceptors (Lipinski definition) is 3. The summed E-state index contributed by atoms with van der Waals surface area (Å²) in [4.78, 5) is 4.52. The molecule has 0 aliphatic heterocycles. The lowest BCUT2D eigenvalue weighted by atomic mass is 9.93. The first-order valence-electron chi connectivity index (χ1n) is 9.16. The van der Waals surface area contributed by atoms with E-state index in [1.165, 1.54) is 0 Å². The van der Waals surface area contributed by atoms with Crippen LogP contribution in [0.25, 0.3) is 11.0 Å². The van der Waals surface area contributed by atoms with Crippen molar-refractivity contribution in [1.29, 1.82) is 0 Å². The molecule has 30 heavy (non-hydrogen) atoms. The highest BCUT2D eigenvalue weighted by Gasteiger charge is 2.32. The third-order valence-electron chi connectivity index (χ3n) is 4.71. The summed E-state index contributed by atoms with van der Waals surface area (Å²) in [6.07, 6.45) is -2.92. The summed E-state index contributed by atoms with van der Waals surface area (Å²) in [5.74, 6) is -0.0279. The first-order chi connectivity index (χ1) is 14.2. The highest BCUT2D eigenvalue weighted by atomic mass is 79.9. The van der Waals surface area contributed by atoms with E-state index in [-0.39, 0.29) is 27.3 Å². The van der Waals surface area contributed by atoms with Crippen molar-refractivity contribution in [3.8, 4) is 17.5 Å². The lowest BCUT2D eigenvalue weighted by Gasteiger charge is -2.16. The fourth-order valence-corrected chi connectivity index (χ4v) is 4.46. The first kappa shape index (κ1) is 23.0. The van der Waals surface area contributed by atoms with Crippen molar-refractivity contribution < 1.29 is 22.6 Å². The Labute approximate surface area is 190 Å². The van der Waals surface area contributed by atoms with Gasteiger partial charge in [-0.2, -0.15) is 4.98 Å². The minimum Gasteiger partial charge on any atom is -0.423 e. The molecule has 0 saturated heterocycles. The number of hydrogen-bond donors (Lipinski definition) is 0. The third kappa shape index (κ3) is 4.81. The number of nitrogens with zero attached hydrogens (tertiary/aromatic N) is 2. The fraction of sp³-hybridized carbons (Fsp3) is 0.350. The Morgan fingerprint density at radius 2 is 1.90 bits per heavy atom. The number of rotatable bonds is 7. The lowest BCUT2D eigenvalue weighted by molar-refractivity contribution is -0.274. The van der Waals surface area contributed by atoms with Gasteiger partial charge in [0, 0.05) is 6.07 Å². The van der Waals surface area contributed by atoms with E-state index in [0.717, 1.165) is 36.1 Å². The Morgan fingerprint density at radius 3 is 2.47 bits per heavy atom. The Bertz CT molecular complexity index is 1030. The molecule has 0 bridgehead atoms. The van der Waals surface area contributed by atoms with Gasteiger partial charge in [0.15, 0.2) is 5.75 Å². The molecule has 1 heterocycles. The topological polar surface area (TPSA) is 36.3 Å². The predicted octanol–water partition coefficient (Wildman–Crippen LogP) is 8.24. The van der Waals surface area contributed by atoms with Crippen LogP contribution < -0.4 is 9.47 Å². The summed E-state index contributed by atoms with van der Waals surface area (Å²) >= 11 is 15.6. The maximum Gasteiger partial charge on any atom is 0.573 e. The van der Waals surface area contributed by atoms with Crippen LogP contribution in [0.1, 0.15) is 38.2 Å². The number of ether oxygens (including phenoxy) is 2. The zero-order valence-corrected chi connectivity index (χ0v) is 19.2. The van der Waals surface area contributed by atoms with E-state index in [2.05, 4.69) is 39.5 Å². The number of fused-ring (bicyclic) bond motifs is 1. The highest BCUT2D eigenvalue weighted by Crippen LogP contribution is 2.42. The van der Waals surface area contributed by atoms with E-state index in [1.807, 2.05) is 18.2 Å². The summed E-state index contributed by atoms with van der Waals surface area (Å²) in [7, 11) is 0. The van der Waals surface area contributed by atoms with Gasteiger partial charge in [-0.05, 0) is 52.4 Å². The first-order valence-corrected chi connectivity index (χ1v) is 10.9. The van der Waals surface area contributed by atoms with Crippen molar-refractivity contribution >= 4 is 50.2 Å². The molecule has 10 heteroatoms. The van der Waals surface area contributed by atoms with Crippen molar-refractivity contribution in [2.24, 2.45) is 0 Å². The molecule has 0 fully saturated rings. The van der Waals surface area contributed by atoms with Crippen molar-refractivity contribution in [2.75, 3.05) is 0 Å². The summed E-state index contributed by atoms with van der Waals surface area (Å²) in [6, 6.07) is 8.24. The highest BCUT2D eigenvalue weighted by molar-refractivity contribution is 9.10. The number of benzene rings is 2. The molecule has 0 N–H and O–H groups in total. The molecule has 0 unspecified atom stereocenters. The smallest absolute Gasteiger partial charge is 0.423 e.